The van der Waals surface area contributed by atoms with Gasteiger partial charge in [0, 0.05) is 0 Å². The van der Waals surface area contributed by atoms with E-state index in [1.807, 2.05) is 0 Å². The molecule has 0 aliphatic heterocycles. The van der Waals surface area contributed by atoms with Crippen molar-refractivity contribution in [3.63, 3.8) is 0 Å². The first-order valence-electron chi connectivity index (χ1n) is 2.40. The molecule has 0 radical (unpaired) electrons. The Morgan fingerprint density at radius 2 is 2.00 bits per heavy atom. The van der Waals surface area contributed by atoms with Crippen LogP contribution < -0.4 is 0 Å². The SMILES string of the molecule is O=S(O)C1CCC1.[NaH]. The third kappa shape index (κ3) is 2.15. The van der Waals surface area contributed by atoms with Crippen molar-refractivity contribution in [1.82, 2.24) is 0 Å². The molecule has 2 nitrogen and oxygen atoms in total. The van der Waals surface area contributed by atoms with Gasteiger partial charge in [-0.25, -0.2) is 4.21 Å². The minimum absolute atomic E-state index is 0. The monoisotopic (exact) mass is 144 g/mol. The van der Waals surface area contributed by atoms with E-state index in [0.29, 0.717) is 0 Å². The molecule has 0 aromatic rings. The fourth-order valence-electron chi connectivity index (χ4n) is 0.572. The average Bonchev–Trinajstić information content (AvgIpc) is 1.23. The second-order valence-corrected chi connectivity index (χ2v) is 3.05. The van der Waals surface area contributed by atoms with E-state index in [1.54, 1.807) is 0 Å². The molecule has 1 aliphatic carbocycles. The predicted octanol–water partition coefficient (Wildman–Crippen LogP) is 0.112. The molecule has 0 aromatic carbocycles. The van der Waals surface area contributed by atoms with Crippen LogP contribution in [0.15, 0.2) is 0 Å². The Morgan fingerprint density at radius 3 is 2.00 bits per heavy atom. The molecule has 0 bridgehead atoms. The van der Waals surface area contributed by atoms with Crippen LogP contribution in [0.4, 0.5) is 0 Å². The number of hydrogen-bond acceptors (Lipinski definition) is 1. The van der Waals surface area contributed by atoms with Crippen LogP contribution in [0.5, 0.6) is 0 Å². The molecule has 44 valence electrons. The number of hydrogen-bond donors (Lipinski definition) is 1. The zero-order valence-electron chi connectivity index (χ0n) is 3.96. The molecule has 4 heteroatoms. The summed E-state index contributed by atoms with van der Waals surface area (Å²) >= 11 is -1.52. The van der Waals surface area contributed by atoms with Gasteiger partial charge in [0.2, 0.25) is 0 Å². The third-order valence-corrected chi connectivity index (χ3v) is 2.38. The zero-order valence-corrected chi connectivity index (χ0v) is 4.78. The Balaban J connectivity index is 0.000000490. The van der Waals surface area contributed by atoms with Crippen LogP contribution in [-0.2, 0) is 11.1 Å². The second-order valence-electron chi connectivity index (χ2n) is 1.83. The molecule has 1 atom stereocenters. The minimum atomic E-state index is -1.52. The molecule has 1 aliphatic rings. The van der Waals surface area contributed by atoms with Crippen LogP contribution in [0.3, 0.4) is 0 Å². The van der Waals surface area contributed by atoms with Crippen molar-refractivity contribution in [1.29, 1.82) is 0 Å². The summed E-state index contributed by atoms with van der Waals surface area (Å²) in [6, 6.07) is 0. The van der Waals surface area contributed by atoms with Gasteiger partial charge in [-0.05, 0) is 12.8 Å². The van der Waals surface area contributed by atoms with Crippen molar-refractivity contribution in [2.24, 2.45) is 0 Å². The van der Waals surface area contributed by atoms with E-state index in [9.17, 15) is 4.21 Å². The van der Waals surface area contributed by atoms with Crippen molar-refractivity contribution in [3.8, 4) is 0 Å². The molecular weight excluding hydrogens is 135 g/mol. The summed E-state index contributed by atoms with van der Waals surface area (Å²) in [6.45, 7) is 0. The summed E-state index contributed by atoms with van der Waals surface area (Å²) in [4.78, 5) is 0. The molecule has 1 fully saturated rings. The molecule has 0 heterocycles. The van der Waals surface area contributed by atoms with Gasteiger partial charge in [-0.3, -0.25) is 0 Å². The molecule has 8 heavy (non-hydrogen) atoms. The average molecular weight is 144 g/mol. The van der Waals surface area contributed by atoms with Gasteiger partial charge in [0.25, 0.3) is 0 Å². The Morgan fingerprint density at radius 1 is 1.50 bits per heavy atom. The summed E-state index contributed by atoms with van der Waals surface area (Å²) in [6.07, 6.45) is 3.03. The van der Waals surface area contributed by atoms with Gasteiger partial charge in [-0.15, -0.1) is 0 Å². The van der Waals surface area contributed by atoms with E-state index in [1.165, 1.54) is 0 Å². The van der Waals surface area contributed by atoms with Gasteiger partial charge < -0.3 is 4.55 Å². The summed E-state index contributed by atoms with van der Waals surface area (Å²) in [5.41, 5.74) is 0. The predicted molar refractivity (Wildman–Crippen MR) is 35.6 cm³/mol. The van der Waals surface area contributed by atoms with Crippen LogP contribution in [-0.4, -0.2) is 43.6 Å². The fourth-order valence-corrected chi connectivity index (χ4v) is 1.31. The number of rotatable bonds is 1. The molecule has 1 rings (SSSR count). The quantitative estimate of drug-likeness (QED) is 0.419. The summed E-state index contributed by atoms with van der Waals surface area (Å²) in [5, 5.41) is 0.111. The standard InChI is InChI=1S/C4H8O2S.Na.H/c5-7(6)4-2-1-3-4;;/h4H,1-3H2,(H,5,6);;. The Bertz CT molecular complexity index is 92.0. The molecular formula is C4H9NaO2S. The fraction of sp³-hybridized carbons (Fsp3) is 1.00. The topological polar surface area (TPSA) is 37.3 Å². The first-order chi connectivity index (χ1) is 3.30. The van der Waals surface area contributed by atoms with Crippen LogP contribution in [0.2, 0.25) is 0 Å². The second kappa shape index (κ2) is 4.01. The summed E-state index contributed by atoms with van der Waals surface area (Å²) < 4.78 is 18.4. The van der Waals surface area contributed by atoms with E-state index in [4.69, 9.17) is 4.55 Å². The maximum atomic E-state index is 10.1. The Labute approximate surface area is 73.6 Å². The van der Waals surface area contributed by atoms with Gasteiger partial charge >= 0.3 is 29.6 Å². The Kier molecular flexibility index (Phi) is 4.57. The summed E-state index contributed by atoms with van der Waals surface area (Å²) in [7, 11) is 0. The van der Waals surface area contributed by atoms with Gasteiger partial charge in [0.1, 0.15) is 0 Å². The van der Waals surface area contributed by atoms with E-state index in [2.05, 4.69) is 0 Å². The molecule has 1 N–H and O–H groups in total. The van der Waals surface area contributed by atoms with Gasteiger partial charge in [0.05, 0.1) is 5.25 Å². The normalized spacial score (nSPS) is 23.1. The van der Waals surface area contributed by atoms with Crippen LogP contribution in [0.1, 0.15) is 19.3 Å². The van der Waals surface area contributed by atoms with E-state index < -0.39 is 11.1 Å². The van der Waals surface area contributed by atoms with Crippen molar-refractivity contribution < 1.29 is 8.76 Å². The van der Waals surface area contributed by atoms with Gasteiger partial charge in [0.15, 0.2) is 11.1 Å². The molecule has 0 aromatic heterocycles. The third-order valence-electron chi connectivity index (χ3n) is 1.34. The van der Waals surface area contributed by atoms with Gasteiger partial charge in [-0.1, -0.05) is 6.42 Å². The van der Waals surface area contributed by atoms with Crippen LogP contribution in [0.25, 0.3) is 0 Å². The molecule has 0 amide bonds. The van der Waals surface area contributed by atoms with E-state index in [0.717, 1.165) is 19.3 Å². The zero-order chi connectivity index (χ0) is 5.28. The molecule has 1 unspecified atom stereocenters. The van der Waals surface area contributed by atoms with Gasteiger partial charge in [-0.2, -0.15) is 0 Å². The molecule has 1 saturated carbocycles. The molecule has 0 saturated heterocycles. The van der Waals surface area contributed by atoms with Crippen molar-refractivity contribution >= 4 is 40.6 Å². The summed E-state index contributed by atoms with van der Waals surface area (Å²) in [5.74, 6) is 0. The van der Waals surface area contributed by atoms with Crippen molar-refractivity contribution in [2.75, 3.05) is 0 Å². The first kappa shape index (κ1) is 9.11. The van der Waals surface area contributed by atoms with Crippen molar-refractivity contribution in [3.05, 3.63) is 0 Å². The van der Waals surface area contributed by atoms with E-state index in [-0.39, 0.29) is 34.8 Å². The Hall–Kier alpha value is 1.11. The maximum absolute atomic E-state index is 10.1. The first-order valence-corrected chi connectivity index (χ1v) is 3.57. The van der Waals surface area contributed by atoms with Crippen molar-refractivity contribution in [2.45, 2.75) is 24.5 Å². The van der Waals surface area contributed by atoms with Crippen LogP contribution >= 0.6 is 0 Å². The van der Waals surface area contributed by atoms with E-state index >= 15 is 0 Å². The molecule has 0 spiro atoms. The van der Waals surface area contributed by atoms with Crippen LogP contribution in [0, 0.1) is 0 Å².